The van der Waals surface area contributed by atoms with E-state index in [0.29, 0.717) is 29.9 Å². The van der Waals surface area contributed by atoms with Gasteiger partial charge in [0.1, 0.15) is 5.75 Å². The number of nitrogens with one attached hydrogen (secondary N) is 1. The second-order valence-electron chi connectivity index (χ2n) is 5.30. The SMILES string of the molecule is COCCCOc1cc(C[C@H](NC=O)C(C)C)ccc1Cl. The Hall–Kier alpha value is -1.26. The highest BCUT2D eigenvalue weighted by Crippen LogP contribution is 2.26. The summed E-state index contributed by atoms with van der Waals surface area (Å²) in [6.07, 6.45) is 2.32. The van der Waals surface area contributed by atoms with Crippen molar-refractivity contribution in [2.45, 2.75) is 32.7 Å². The molecule has 1 atom stereocenters. The van der Waals surface area contributed by atoms with E-state index in [0.717, 1.165) is 24.8 Å². The fourth-order valence-electron chi connectivity index (χ4n) is 2.00. The standard InChI is InChI=1S/C16H24ClNO3/c1-12(2)15(18-11-19)9-13-5-6-14(17)16(10-13)21-8-4-7-20-3/h5-6,10-12,15H,4,7-9H2,1-3H3,(H,18,19)/t15-/m0/s1. The fourth-order valence-corrected chi connectivity index (χ4v) is 2.17. The van der Waals surface area contributed by atoms with Gasteiger partial charge in [0.15, 0.2) is 0 Å². The Labute approximate surface area is 131 Å². The van der Waals surface area contributed by atoms with Crippen LogP contribution >= 0.6 is 11.6 Å². The van der Waals surface area contributed by atoms with Gasteiger partial charge in [-0.05, 0) is 30.0 Å². The lowest BCUT2D eigenvalue weighted by atomic mass is 9.96. The summed E-state index contributed by atoms with van der Waals surface area (Å²) in [5.74, 6) is 1.04. The molecule has 5 heteroatoms. The third-order valence-electron chi connectivity index (χ3n) is 3.29. The number of carbonyl (C=O) groups excluding carboxylic acids is 1. The predicted octanol–water partition coefficient (Wildman–Crippen LogP) is 3.07. The van der Waals surface area contributed by atoms with Gasteiger partial charge in [-0.1, -0.05) is 31.5 Å². The molecule has 21 heavy (non-hydrogen) atoms. The Bertz CT molecular complexity index is 438. The first-order valence-corrected chi connectivity index (χ1v) is 7.56. The normalized spacial score (nSPS) is 12.2. The fraction of sp³-hybridized carbons (Fsp3) is 0.562. The molecule has 118 valence electrons. The highest BCUT2D eigenvalue weighted by atomic mass is 35.5. The van der Waals surface area contributed by atoms with Crippen LogP contribution in [-0.2, 0) is 16.0 Å². The predicted molar refractivity (Wildman–Crippen MR) is 85.0 cm³/mol. The summed E-state index contributed by atoms with van der Waals surface area (Å²) in [5, 5.41) is 3.45. The molecule has 0 bridgehead atoms. The van der Waals surface area contributed by atoms with E-state index in [4.69, 9.17) is 21.1 Å². The van der Waals surface area contributed by atoms with Crippen molar-refractivity contribution in [1.82, 2.24) is 5.32 Å². The van der Waals surface area contributed by atoms with Crippen LogP contribution in [-0.4, -0.2) is 32.8 Å². The molecule has 0 spiro atoms. The summed E-state index contributed by atoms with van der Waals surface area (Å²) in [7, 11) is 1.67. The summed E-state index contributed by atoms with van der Waals surface area (Å²) in [6.45, 7) is 5.39. The van der Waals surface area contributed by atoms with Gasteiger partial charge in [-0.25, -0.2) is 0 Å². The van der Waals surface area contributed by atoms with E-state index >= 15 is 0 Å². The lowest BCUT2D eigenvalue weighted by molar-refractivity contribution is -0.110. The van der Waals surface area contributed by atoms with Crippen LogP contribution in [0.25, 0.3) is 0 Å². The zero-order valence-corrected chi connectivity index (χ0v) is 13.7. The van der Waals surface area contributed by atoms with Crippen molar-refractivity contribution in [2.24, 2.45) is 5.92 Å². The van der Waals surface area contributed by atoms with Crippen molar-refractivity contribution in [1.29, 1.82) is 0 Å². The minimum absolute atomic E-state index is 0.102. The largest absolute Gasteiger partial charge is 0.492 e. The average Bonchev–Trinajstić information content (AvgIpc) is 2.46. The van der Waals surface area contributed by atoms with E-state index in [1.54, 1.807) is 7.11 Å². The van der Waals surface area contributed by atoms with Gasteiger partial charge < -0.3 is 14.8 Å². The molecule has 0 unspecified atom stereocenters. The van der Waals surface area contributed by atoms with Gasteiger partial charge in [-0.3, -0.25) is 4.79 Å². The number of hydrogen-bond acceptors (Lipinski definition) is 3. The first-order valence-electron chi connectivity index (χ1n) is 7.18. The molecule has 1 aromatic rings. The molecule has 1 aromatic carbocycles. The van der Waals surface area contributed by atoms with Gasteiger partial charge in [-0.2, -0.15) is 0 Å². The lowest BCUT2D eigenvalue weighted by Crippen LogP contribution is -2.34. The van der Waals surface area contributed by atoms with Crippen molar-refractivity contribution in [3.05, 3.63) is 28.8 Å². The van der Waals surface area contributed by atoms with Crippen LogP contribution in [0.2, 0.25) is 5.02 Å². The topological polar surface area (TPSA) is 47.6 Å². The smallest absolute Gasteiger partial charge is 0.207 e. The average molecular weight is 314 g/mol. The van der Waals surface area contributed by atoms with E-state index in [2.05, 4.69) is 19.2 Å². The third-order valence-corrected chi connectivity index (χ3v) is 3.60. The summed E-state index contributed by atoms with van der Waals surface area (Å²) in [4.78, 5) is 10.7. The van der Waals surface area contributed by atoms with E-state index < -0.39 is 0 Å². The van der Waals surface area contributed by atoms with Crippen molar-refractivity contribution < 1.29 is 14.3 Å². The minimum atomic E-state index is 0.102. The summed E-state index contributed by atoms with van der Waals surface area (Å²) < 4.78 is 10.7. The second-order valence-corrected chi connectivity index (χ2v) is 5.71. The molecule has 1 rings (SSSR count). The van der Waals surface area contributed by atoms with Gasteiger partial charge >= 0.3 is 0 Å². The highest BCUT2D eigenvalue weighted by molar-refractivity contribution is 6.32. The first kappa shape index (κ1) is 17.8. The molecule has 0 heterocycles. The Kier molecular flexibility index (Phi) is 8.16. The van der Waals surface area contributed by atoms with Gasteiger partial charge in [-0.15, -0.1) is 0 Å². The van der Waals surface area contributed by atoms with Crippen LogP contribution in [0.15, 0.2) is 18.2 Å². The number of hydrogen-bond donors (Lipinski definition) is 1. The maximum absolute atomic E-state index is 10.7. The molecule has 0 saturated carbocycles. The number of ether oxygens (including phenoxy) is 2. The second kappa shape index (κ2) is 9.64. The molecule has 1 amide bonds. The highest BCUT2D eigenvalue weighted by Gasteiger charge is 2.14. The number of methoxy groups -OCH3 is 1. The van der Waals surface area contributed by atoms with Crippen LogP contribution in [0.4, 0.5) is 0 Å². The van der Waals surface area contributed by atoms with E-state index in [-0.39, 0.29) is 6.04 Å². The molecule has 0 aliphatic heterocycles. The summed E-state index contributed by atoms with van der Waals surface area (Å²) >= 11 is 6.14. The Morgan fingerprint density at radius 3 is 2.71 bits per heavy atom. The molecule has 4 nitrogen and oxygen atoms in total. The van der Waals surface area contributed by atoms with Crippen LogP contribution < -0.4 is 10.1 Å². The molecule has 0 saturated heterocycles. The number of amides is 1. The maximum Gasteiger partial charge on any atom is 0.207 e. The monoisotopic (exact) mass is 313 g/mol. The van der Waals surface area contributed by atoms with Crippen molar-refractivity contribution in [3.63, 3.8) is 0 Å². The Morgan fingerprint density at radius 1 is 1.33 bits per heavy atom. The number of benzene rings is 1. The quantitative estimate of drug-likeness (QED) is 0.533. The molecule has 0 fully saturated rings. The van der Waals surface area contributed by atoms with Crippen LogP contribution in [0.5, 0.6) is 5.75 Å². The van der Waals surface area contributed by atoms with Crippen LogP contribution in [0, 0.1) is 5.92 Å². The van der Waals surface area contributed by atoms with Crippen molar-refractivity contribution >= 4 is 18.0 Å². The number of rotatable bonds is 10. The molecule has 0 aliphatic rings. The summed E-state index contributed by atoms with van der Waals surface area (Å²) in [5.41, 5.74) is 1.09. The zero-order chi connectivity index (χ0) is 15.7. The molecular formula is C16H24ClNO3. The van der Waals surface area contributed by atoms with E-state index in [9.17, 15) is 4.79 Å². The number of halogens is 1. The molecule has 0 aromatic heterocycles. The lowest BCUT2D eigenvalue weighted by Gasteiger charge is -2.20. The molecule has 0 radical (unpaired) electrons. The Morgan fingerprint density at radius 2 is 2.10 bits per heavy atom. The molecular weight excluding hydrogens is 290 g/mol. The van der Waals surface area contributed by atoms with Gasteiger partial charge in [0, 0.05) is 26.2 Å². The van der Waals surface area contributed by atoms with Crippen LogP contribution in [0.1, 0.15) is 25.8 Å². The minimum Gasteiger partial charge on any atom is -0.492 e. The van der Waals surface area contributed by atoms with Gasteiger partial charge in [0.05, 0.1) is 11.6 Å². The first-order chi connectivity index (χ1) is 10.1. The van der Waals surface area contributed by atoms with E-state index in [1.807, 2.05) is 18.2 Å². The van der Waals surface area contributed by atoms with Crippen LogP contribution in [0.3, 0.4) is 0 Å². The van der Waals surface area contributed by atoms with E-state index in [1.165, 1.54) is 0 Å². The third kappa shape index (κ3) is 6.36. The molecule has 1 N–H and O–H groups in total. The summed E-state index contributed by atoms with van der Waals surface area (Å²) in [6, 6.07) is 5.84. The maximum atomic E-state index is 10.7. The Balaban J connectivity index is 2.68. The molecule has 0 aliphatic carbocycles. The van der Waals surface area contributed by atoms with Gasteiger partial charge in [0.2, 0.25) is 6.41 Å². The van der Waals surface area contributed by atoms with Crippen molar-refractivity contribution in [2.75, 3.05) is 20.3 Å². The van der Waals surface area contributed by atoms with Gasteiger partial charge in [0.25, 0.3) is 0 Å². The zero-order valence-electron chi connectivity index (χ0n) is 12.9. The van der Waals surface area contributed by atoms with Crippen molar-refractivity contribution in [3.8, 4) is 5.75 Å². The number of carbonyl (C=O) groups is 1.